The second-order valence-electron chi connectivity index (χ2n) is 5.32. The summed E-state index contributed by atoms with van der Waals surface area (Å²) in [6.07, 6.45) is 2.13. The van der Waals surface area contributed by atoms with Crippen LogP contribution in [-0.2, 0) is 11.3 Å². The van der Waals surface area contributed by atoms with Gasteiger partial charge in [0.15, 0.2) is 0 Å². The van der Waals surface area contributed by atoms with Crippen molar-refractivity contribution in [1.82, 2.24) is 10.2 Å². The van der Waals surface area contributed by atoms with Crippen molar-refractivity contribution in [3.8, 4) is 0 Å². The second kappa shape index (κ2) is 6.01. The molecule has 2 unspecified atom stereocenters. The first-order valence-electron chi connectivity index (χ1n) is 6.69. The minimum absolute atomic E-state index is 0.00228. The molecule has 0 radical (unpaired) electrons. The molecule has 0 saturated carbocycles. The topological polar surface area (TPSA) is 32.3 Å². The quantitative estimate of drug-likeness (QED) is 0.885. The van der Waals surface area contributed by atoms with Crippen LogP contribution in [0.25, 0.3) is 0 Å². The van der Waals surface area contributed by atoms with Crippen LogP contribution in [0.1, 0.15) is 25.3 Å². The number of carbonyl (C=O) groups excluding carboxylic acids is 1. The minimum Gasteiger partial charge on any atom is -0.340 e. The normalized spacial score (nSPS) is 23.7. The largest absolute Gasteiger partial charge is 0.340 e. The number of hydrogen-bond donors (Lipinski definition) is 1. The Morgan fingerprint density at radius 1 is 1.39 bits per heavy atom. The predicted octanol–water partition coefficient (Wildman–Crippen LogP) is 2.03. The zero-order valence-corrected chi connectivity index (χ0v) is 11.2. The van der Waals surface area contributed by atoms with Crippen molar-refractivity contribution < 1.29 is 4.79 Å². The van der Waals surface area contributed by atoms with Crippen molar-refractivity contribution in [3.63, 3.8) is 0 Å². The van der Waals surface area contributed by atoms with E-state index in [1.165, 1.54) is 12.0 Å². The Morgan fingerprint density at radius 2 is 2.11 bits per heavy atom. The predicted molar refractivity (Wildman–Crippen MR) is 73.1 cm³/mol. The summed E-state index contributed by atoms with van der Waals surface area (Å²) in [5.74, 6) is 0.857. The Hall–Kier alpha value is -1.35. The molecule has 18 heavy (non-hydrogen) atoms. The summed E-state index contributed by atoms with van der Waals surface area (Å²) < 4.78 is 0. The standard InChI is InChI=1S/C15H22N2O/c1-12-8-9-16-14(10-12)15(18)17(2)11-13-6-4-3-5-7-13/h3-7,12,14,16H,8-11H2,1-2H3. The van der Waals surface area contributed by atoms with Gasteiger partial charge in [-0.15, -0.1) is 0 Å². The van der Waals surface area contributed by atoms with Crippen LogP contribution in [0.3, 0.4) is 0 Å². The Morgan fingerprint density at radius 3 is 2.78 bits per heavy atom. The molecule has 3 nitrogen and oxygen atoms in total. The molecule has 0 aromatic heterocycles. The molecule has 0 bridgehead atoms. The number of carbonyl (C=O) groups is 1. The molecular formula is C15H22N2O. The summed E-state index contributed by atoms with van der Waals surface area (Å²) in [6.45, 7) is 3.86. The molecule has 1 fully saturated rings. The number of amides is 1. The first-order valence-corrected chi connectivity index (χ1v) is 6.69. The van der Waals surface area contributed by atoms with Crippen molar-refractivity contribution in [1.29, 1.82) is 0 Å². The van der Waals surface area contributed by atoms with E-state index in [2.05, 4.69) is 24.4 Å². The molecule has 0 spiro atoms. The van der Waals surface area contributed by atoms with Crippen molar-refractivity contribution in [2.75, 3.05) is 13.6 Å². The molecule has 1 saturated heterocycles. The summed E-state index contributed by atoms with van der Waals surface area (Å²) in [4.78, 5) is 14.1. The molecule has 1 N–H and O–H groups in total. The van der Waals surface area contributed by atoms with Gasteiger partial charge in [-0.05, 0) is 30.9 Å². The maximum absolute atomic E-state index is 12.3. The van der Waals surface area contributed by atoms with Crippen molar-refractivity contribution in [3.05, 3.63) is 35.9 Å². The molecule has 1 aliphatic rings. The second-order valence-corrected chi connectivity index (χ2v) is 5.32. The lowest BCUT2D eigenvalue weighted by Crippen LogP contribution is -2.48. The van der Waals surface area contributed by atoms with Gasteiger partial charge in [-0.1, -0.05) is 37.3 Å². The summed E-state index contributed by atoms with van der Waals surface area (Å²) in [7, 11) is 1.89. The molecular weight excluding hydrogens is 224 g/mol. The zero-order valence-electron chi connectivity index (χ0n) is 11.2. The third-order valence-electron chi connectivity index (χ3n) is 3.60. The summed E-state index contributed by atoms with van der Waals surface area (Å²) >= 11 is 0. The molecule has 0 aliphatic carbocycles. The van der Waals surface area contributed by atoms with Gasteiger partial charge in [-0.25, -0.2) is 0 Å². The summed E-state index contributed by atoms with van der Waals surface area (Å²) in [6, 6.07) is 10.1. The van der Waals surface area contributed by atoms with E-state index in [0.717, 1.165) is 13.0 Å². The lowest BCUT2D eigenvalue weighted by Gasteiger charge is -2.30. The minimum atomic E-state index is 0.00228. The number of benzene rings is 1. The Kier molecular flexibility index (Phi) is 4.37. The molecule has 2 rings (SSSR count). The number of hydrogen-bond acceptors (Lipinski definition) is 2. The fraction of sp³-hybridized carbons (Fsp3) is 0.533. The number of nitrogens with zero attached hydrogens (tertiary/aromatic N) is 1. The van der Waals surface area contributed by atoms with Crippen LogP contribution in [0, 0.1) is 5.92 Å². The van der Waals surface area contributed by atoms with Crippen LogP contribution < -0.4 is 5.32 Å². The molecule has 2 atom stereocenters. The highest BCUT2D eigenvalue weighted by Gasteiger charge is 2.26. The van der Waals surface area contributed by atoms with Gasteiger partial charge in [0.2, 0.25) is 5.91 Å². The van der Waals surface area contributed by atoms with Gasteiger partial charge in [-0.2, -0.15) is 0 Å². The Labute approximate surface area is 109 Å². The van der Waals surface area contributed by atoms with E-state index in [0.29, 0.717) is 12.5 Å². The Balaban J connectivity index is 1.92. The monoisotopic (exact) mass is 246 g/mol. The average Bonchev–Trinajstić information content (AvgIpc) is 2.39. The van der Waals surface area contributed by atoms with Crippen molar-refractivity contribution >= 4 is 5.91 Å². The number of piperidine rings is 1. The summed E-state index contributed by atoms with van der Waals surface area (Å²) in [5.41, 5.74) is 1.18. The van der Waals surface area contributed by atoms with Gasteiger partial charge in [-0.3, -0.25) is 4.79 Å². The fourth-order valence-corrected chi connectivity index (χ4v) is 2.50. The van der Waals surface area contributed by atoms with Crippen LogP contribution in [-0.4, -0.2) is 30.4 Å². The first kappa shape index (κ1) is 13.1. The number of nitrogens with one attached hydrogen (secondary N) is 1. The molecule has 1 amide bonds. The zero-order chi connectivity index (χ0) is 13.0. The van der Waals surface area contributed by atoms with Gasteiger partial charge in [0, 0.05) is 13.6 Å². The third kappa shape index (κ3) is 3.33. The van der Waals surface area contributed by atoms with Gasteiger partial charge in [0.25, 0.3) is 0 Å². The highest BCUT2D eigenvalue weighted by atomic mass is 16.2. The van der Waals surface area contributed by atoms with E-state index < -0.39 is 0 Å². The SMILES string of the molecule is CC1CCNC(C(=O)N(C)Cc2ccccc2)C1. The number of likely N-dealkylation sites (N-methyl/N-ethyl adjacent to an activating group) is 1. The van der Waals surface area contributed by atoms with E-state index in [-0.39, 0.29) is 11.9 Å². The smallest absolute Gasteiger partial charge is 0.239 e. The van der Waals surface area contributed by atoms with Crippen LogP contribution >= 0.6 is 0 Å². The van der Waals surface area contributed by atoms with Crippen LogP contribution in [0.2, 0.25) is 0 Å². The summed E-state index contributed by atoms with van der Waals surface area (Å²) in [5, 5.41) is 3.32. The van der Waals surface area contributed by atoms with Crippen LogP contribution in [0.15, 0.2) is 30.3 Å². The molecule has 98 valence electrons. The van der Waals surface area contributed by atoms with E-state index in [1.54, 1.807) is 0 Å². The van der Waals surface area contributed by atoms with E-state index in [9.17, 15) is 4.79 Å². The fourth-order valence-electron chi connectivity index (χ4n) is 2.50. The number of rotatable bonds is 3. The van der Waals surface area contributed by atoms with E-state index >= 15 is 0 Å². The van der Waals surface area contributed by atoms with Crippen molar-refractivity contribution in [2.45, 2.75) is 32.4 Å². The highest BCUT2D eigenvalue weighted by molar-refractivity contribution is 5.81. The molecule has 1 heterocycles. The first-order chi connectivity index (χ1) is 8.66. The van der Waals surface area contributed by atoms with Gasteiger partial charge in [0.05, 0.1) is 6.04 Å². The molecule has 1 aromatic carbocycles. The average molecular weight is 246 g/mol. The van der Waals surface area contributed by atoms with Gasteiger partial charge >= 0.3 is 0 Å². The van der Waals surface area contributed by atoms with Crippen LogP contribution in [0.4, 0.5) is 0 Å². The highest BCUT2D eigenvalue weighted by Crippen LogP contribution is 2.17. The lowest BCUT2D eigenvalue weighted by molar-refractivity contribution is -0.133. The van der Waals surface area contributed by atoms with Crippen LogP contribution in [0.5, 0.6) is 0 Å². The maximum Gasteiger partial charge on any atom is 0.239 e. The van der Waals surface area contributed by atoms with E-state index in [4.69, 9.17) is 0 Å². The van der Waals surface area contributed by atoms with E-state index in [1.807, 2.05) is 30.1 Å². The molecule has 3 heteroatoms. The Bertz CT molecular complexity index is 391. The third-order valence-corrected chi connectivity index (χ3v) is 3.60. The van der Waals surface area contributed by atoms with Gasteiger partial charge in [0.1, 0.15) is 0 Å². The van der Waals surface area contributed by atoms with Crippen molar-refractivity contribution in [2.24, 2.45) is 5.92 Å². The lowest BCUT2D eigenvalue weighted by atomic mass is 9.93. The maximum atomic E-state index is 12.3. The van der Waals surface area contributed by atoms with Gasteiger partial charge < -0.3 is 10.2 Å². The molecule has 1 aromatic rings. The molecule has 1 aliphatic heterocycles.